The van der Waals surface area contributed by atoms with E-state index in [2.05, 4.69) is 5.32 Å². The van der Waals surface area contributed by atoms with Gasteiger partial charge in [0.15, 0.2) is 18.0 Å². The van der Waals surface area contributed by atoms with E-state index in [0.717, 1.165) is 18.7 Å². The highest BCUT2D eigenvalue weighted by atomic mass is 16.5. The summed E-state index contributed by atoms with van der Waals surface area (Å²) >= 11 is 0. The lowest BCUT2D eigenvalue weighted by atomic mass is 10.1. The maximum atomic E-state index is 12.1. The number of benzene rings is 1. The van der Waals surface area contributed by atoms with E-state index < -0.39 is 0 Å². The predicted octanol–water partition coefficient (Wildman–Crippen LogP) is -0.756. The highest BCUT2D eigenvalue weighted by molar-refractivity contribution is 5.77. The SMILES string of the molecule is COc1cc(OC)c(OC)cc1CNC(=O)C[NH+]1CCOCC1. The number of morpholine rings is 1. The molecule has 0 radical (unpaired) electrons. The van der Waals surface area contributed by atoms with Crippen molar-refractivity contribution in [1.29, 1.82) is 0 Å². The summed E-state index contributed by atoms with van der Waals surface area (Å²) < 4.78 is 21.2. The van der Waals surface area contributed by atoms with Crippen molar-refractivity contribution in [3.05, 3.63) is 17.7 Å². The summed E-state index contributed by atoms with van der Waals surface area (Å²) in [6.07, 6.45) is 0. The molecule has 0 saturated carbocycles. The Labute approximate surface area is 136 Å². The zero-order valence-corrected chi connectivity index (χ0v) is 13.9. The van der Waals surface area contributed by atoms with Crippen LogP contribution in [0.5, 0.6) is 17.2 Å². The molecule has 0 aromatic heterocycles. The number of quaternary nitrogens is 1. The van der Waals surface area contributed by atoms with Crippen molar-refractivity contribution in [3.8, 4) is 17.2 Å². The second-order valence-electron chi connectivity index (χ2n) is 5.33. The normalized spacial score (nSPS) is 15.1. The molecular weight excluding hydrogens is 300 g/mol. The van der Waals surface area contributed by atoms with Crippen molar-refractivity contribution < 1.29 is 28.6 Å². The number of rotatable bonds is 7. The van der Waals surface area contributed by atoms with E-state index >= 15 is 0 Å². The zero-order valence-electron chi connectivity index (χ0n) is 13.9. The van der Waals surface area contributed by atoms with Crippen LogP contribution < -0.4 is 24.4 Å². The van der Waals surface area contributed by atoms with Gasteiger partial charge in [-0.05, 0) is 6.07 Å². The summed E-state index contributed by atoms with van der Waals surface area (Å²) in [4.78, 5) is 13.3. The van der Waals surface area contributed by atoms with E-state index in [1.54, 1.807) is 27.4 Å². The molecule has 2 rings (SSSR count). The van der Waals surface area contributed by atoms with Gasteiger partial charge in [-0.25, -0.2) is 0 Å². The lowest BCUT2D eigenvalue weighted by Gasteiger charge is -2.23. The Hall–Kier alpha value is -1.99. The zero-order chi connectivity index (χ0) is 16.7. The van der Waals surface area contributed by atoms with Crippen LogP contribution in [-0.2, 0) is 16.1 Å². The Morgan fingerprint density at radius 1 is 1.09 bits per heavy atom. The molecule has 1 saturated heterocycles. The summed E-state index contributed by atoms with van der Waals surface area (Å²) in [5.41, 5.74) is 0.843. The Kier molecular flexibility index (Phi) is 6.49. The molecule has 23 heavy (non-hydrogen) atoms. The number of methoxy groups -OCH3 is 3. The Morgan fingerprint density at radius 2 is 1.70 bits per heavy atom. The van der Waals surface area contributed by atoms with Crippen LogP contribution in [0.1, 0.15) is 5.56 Å². The Bertz CT molecular complexity index is 529. The number of hydrogen-bond acceptors (Lipinski definition) is 5. The van der Waals surface area contributed by atoms with E-state index in [9.17, 15) is 4.79 Å². The van der Waals surface area contributed by atoms with Crippen LogP contribution in [0, 0.1) is 0 Å². The first-order valence-corrected chi connectivity index (χ1v) is 7.64. The first kappa shape index (κ1) is 17.4. The van der Waals surface area contributed by atoms with Crippen LogP contribution in [0.15, 0.2) is 12.1 Å². The van der Waals surface area contributed by atoms with Gasteiger partial charge in [0.25, 0.3) is 5.91 Å². The van der Waals surface area contributed by atoms with Gasteiger partial charge in [0.2, 0.25) is 0 Å². The van der Waals surface area contributed by atoms with Crippen molar-refractivity contribution in [3.63, 3.8) is 0 Å². The fourth-order valence-electron chi connectivity index (χ4n) is 2.55. The van der Waals surface area contributed by atoms with Gasteiger partial charge < -0.3 is 29.2 Å². The van der Waals surface area contributed by atoms with Crippen LogP contribution in [0.4, 0.5) is 0 Å². The molecule has 1 aliphatic heterocycles. The topological polar surface area (TPSA) is 70.5 Å². The molecule has 0 atom stereocenters. The van der Waals surface area contributed by atoms with Crippen LogP contribution in [0.25, 0.3) is 0 Å². The van der Waals surface area contributed by atoms with Crippen LogP contribution in [0.3, 0.4) is 0 Å². The fourth-order valence-corrected chi connectivity index (χ4v) is 2.55. The predicted molar refractivity (Wildman–Crippen MR) is 84.3 cm³/mol. The van der Waals surface area contributed by atoms with Crippen molar-refractivity contribution in [1.82, 2.24) is 5.32 Å². The minimum absolute atomic E-state index is 0.0127. The number of amides is 1. The van der Waals surface area contributed by atoms with Crippen LogP contribution in [-0.4, -0.2) is 60.1 Å². The maximum Gasteiger partial charge on any atom is 0.275 e. The molecule has 2 N–H and O–H groups in total. The average Bonchev–Trinajstić information content (AvgIpc) is 2.59. The molecule has 0 aliphatic carbocycles. The third kappa shape index (κ3) is 4.74. The van der Waals surface area contributed by atoms with Crippen molar-refractivity contribution in [2.45, 2.75) is 6.54 Å². The van der Waals surface area contributed by atoms with Gasteiger partial charge in [-0.2, -0.15) is 0 Å². The molecule has 0 unspecified atom stereocenters. The van der Waals surface area contributed by atoms with Gasteiger partial charge >= 0.3 is 0 Å². The maximum absolute atomic E-state index is 12.1. The quantitative estimate of drug-likeness (QED) is 0.690. The van der Waals surface area contributed by atoms with Gasteiger partial charge in [0.05, 0.1) is 34.5 Å². The third-order valence-corrected chi connectivity index (χ3v) is 3.87. The molecule has 1 fully saturated rings. The summed E-state index contributed by atoms with van der Waals surface area (Å²) in [7, 11) is 4.74. The summed E-state index contributed by atoms with van der Waals surface area (Å²) in [5.74, 6) is 1.87. The monoisotopic (exact) mass is 325 g/mol. The minimum Gasteiger partial charge on any atom is -0.496 e. The van der Waals surface area contributed by atoms with E-state index in [4.69, 9.17) is 18.9 Å². The highest BCUT2D eigenvalue weighted by Crippen LogP contribution is 2.34. The lowest BCUT2D eigenvalue weighted by molar-refractivity contribution is -0.900. The molecule has 1 amide bonds. The van der Waals surface area contributed by atoms with Crippen LogP contribution in [0.2, 0.25) is 0 Å². The van der Waals surface area contributed by atoms with Gasteiger partial charge in [0.1, 0.15) is 18.8 Å². The van der Waals surface area contributed by atoms with E-state index in [-0.39, 0.29) is 5.91 Å². The summed E-state index contributed by atoms with van der Waals surface area (Å²) in [6.45, 7) is 4.00. The second-order valence-corrected chi connectivity index (χ2v) is 5.33. The van der Waals surface area contributed by atoms with E-state index in [0.29, 0.717) is 43.6 Å². The summed E-state index contributed by atoms with van der Waals surface area (Å²) in [5, 5.41) is 2.93. The van der Waals surface area contributed by atoms with Crippen LogP contribution >= 0.6 is 0 Å². The number of carbonyl (C=O) groups is 1. The Balaban J connectivity index is 1.97. The molecule has 1 heterocycles. The molecule has 7 heteroatoms. The number of carbonyl (C=O) groups excluding carboxylic acids is 1. The molecule has 1 aromatic rings. The molecule has 1 aliphatic rings. The fraction of sp³-hybridized carbons (Fsp3) is 0.562. The third-order valence-electron chi connectivity index (χ3n) is 3.87. The van der Waals surface area contributed by atoms with Gasteiger partial charge in [-0.15, -0.1) is 0 Å². The van der Waals surface area contributed by atoms with Gasteiger partial charge in [-0.3, -0.25) is 4.79 Å². The standard InChI is InChI=1S/C16H24N2O5/c1-20-13-9-15(22-3)14(21-2)8-12(13)10-17-16(19)11-18-4-6-23-7-5-18/h8-9H,4-7,10-11H2,1-3H3,(H,17,19)/p+1. The number of nitrogens with one attached hydrogen (secondary N) is 2. The van der Waals surface area contributed by atoms with E-state index in [1.807, 2.05) is 6.07 Å². The number of hydrogen-bond donors (Lipinski definition) is 2. The van der Waals surface area contributed by atoms with Crippen molar-refractivity contribution in [2.24, 2.45) is 0 Å². The average molecular weight is 325 g/mol. The lowest BCUT2D eigenvalue weighted by Crippen LogP contribution is -3.15. The van der Waals surface area contributed by atoms with Crippen molar-refractivity contribution in [2.75, 3.05) is 54.2 Å². The molecular formula is C16H25N2O5+. The largest absolute Gasteiger partial charge is 0.496 e. The molecule has 128 valence electrons. The smallest absolute Gasteiger partial charge is 0.275 e. The highest BCUT2D eigenvalue weighted by Gasteiger charge is 2.18. The summed E-state index contributed by atoms with van der Waals surface area (Å²) in [6, 6.07) is 3.58. The first-order chi connectivity index (χ1) is 11.2. The van der Waals surface area contributed by atoms with Gasteiger partial charge in [-0.1, -0.05) is 0 Å². The molecule has 1 aromatic carbocycles. The minimum atomic E-state index is 0.0127. The van der Waals surface area contributed by atoms with E-state index in [1.165, 1.54) is 4.90 Å². The molecule has 7 nitrogen and oxygen atoms in total. The first-order valence-electron chi connectivity index (χ1n) is 7.64. The van der Waals surface area contributed by atoms with Gasteiger partial charge in [0, 0.05) is 18.2 Å². The molecule has 0 bridgehead atoms. The Morgan fingerprint density at radius 3 is 2.30 bits per heavy atom. The number of ether oxygens (including phenoxy) is 4. The second kappa shape index (κ2) is 8.59. The molecule has 0 spiro atoms. The van der Waals surface area contributed by atoms with Crippen molar-refractivity contribution >= 4 is 5.91 Å².